The van der Waals surface area contributed by atoms with Gasteiger partial charge >= 0.3 is 5.97 Å². The van der Waals surface area contributed by atoms with Gasteiger partial charge in [-0.1, -0.05) is 12.2 Å². The molecule has 3 rings (SSSR count). The second-order valence-electron chi connectivity index (χ2n) is 9.84. The second kappa shape index (κ2) is 11.5. The number of carbonyl (C=O) groups is 3. The van der Waals surface area contributed by atoms with Crippen LogP contribution in [0.1, 0.15) is 58.8 Å². The highest BCUT2D eigenvalue weighted by Crippen LogP contribution is 2.58. The molecule has 1 N–H and O–H groups in total. The van der Waals surface area contributed by atoms with Crippen molar-refractivity contribution in [2.24, 2.45) is 11.8 Å². The summed E-state index contributed by atoms with van der Waals surface area (Å²) in [4.78, 5) is 44.1. The van der Waals surface area contributed by atoms with Crippen molar-refractivity contribution in [1.29, 1.82) is 0 Å². The van der Waals surface area contributed by atoms with Crippen LogP contribution in [0.5, 0.6) is 0 Å². The second-order valence-corrected chi connectivity index (χ2v) is 9.84. The van der Waals surface area contributed by atoms with Crippen LogP contribution in [0.4, 0.5) is 0 Å². The van der Waals surface area contributed by atoms with Crippen LogP contribution in [0.25, 0.3) is 0 Å². The number of hydrogen-bond donors (Lipinski definition) is 1. The lowest BCUT2D eigenvalue weighted by atomic mass is 9.70. The number of aliphatic hydroxyl groups excluding tert-OH is 1. The minimum absolute atomic E-state index is 0.0727. The summed E-state index contributed by atoms with van der Waals surface area (Å²) in [6, 6.07) is -0.846. The summed E-state index contributed by atoms with van der Waals surface area (Å²) in [5, 5.41) is 9.13. The predicted octanol–water partition coefficient (Wildman–Crippen LogP) is 2.46. The fourth-order valence-corrected chi connectivity index (χ4v) is 5.86. The zero-order chi connectivity index (χ0) is 24.9. The number of esters is 1. The monoisotopic (exact) mass is 476 g/mol. The minimum atomic E-state index is -1.01. The normalized spacial score (nSPS) is 29.4. The van der Waals surface area contributed by atoms with Gasteiger partial charge in [0.15, 0.2) is 0 Å². The molecule has 3 aliphatic heterocycles. The predicted molar refractivity (Wildman–Crippen MR) is 128 cm³/mol. The fraction of sp³-hybridized carbons (Fsp3) is 0.731. The zero-order valence-corrected chi connectivity index (χ0v) is 20.6. The lowest BCUT2D eigenvalue weighted by Crippen LogP contribution is -2.57. The summed E-state index contributed by atoms with van der Waals surface area (Å²) >= 11 is 0. The van der Waals surface area contributed by atoms with Crippen LogP contribution >= 0.6 is 0 Å². The molecule has 3 fully saturated rings. The van der Waals surface area contributed by atoms with Gasteiger partial charge in [-0.25, -0.2) is 0 Å². The average molecular weight is 477 g/mol. The van der Waals surface area contributed by atoms with Crippen LogP contribution in [0.3, 0.4) is 0 Å². The molecule has 5 atom stereocenters. The Morgan fingerprint density at radius 2 is 2.03 bits per heavy atom. The van der Waals surface area contributed by atoms with Crippen LogP contribution in [-0.2, 0) is 23.9 Å². The molecular formula is C26H40N2O6. The summed E-state index contributed by atoms with van der Waals surface area (Å²) in [5.41, 5.74) is -1.01. The highest BCUT2D eigenvalue weighted by atomic mass is 16.6. The van der Waals surface area contributed by atoms with Gasteiger partial charge in [-0.15, -0.1) is 13.2 Å². The summed E-state index contributed by atoms with van der Waals surface area (Å²) in [5.74, 6) is -2.15. The van der Waals surface area contributed by atoms with Crippen molar-refractivity contribution in [1.82, 2.24) is 9.80 Å². The number of unbranched alkanes of at least 4 members (excludes halogenated alkanes) is 3. The fourth-order valence-electron chi connectivity index (χ4n) is 5.86. The van der Waals surface area contributed by atoms with Gasteiger partial charge < -0.3 is 24.4 Å². The molecule has 0 saturated carbocycles. The summed E-state index contributed by atoms with van der Waals surface area (Å²) < 4.78 is 12.0. The van der Waals surface area contributed by atoms with Gasteiger partial charge in [-0.3, -0.25) is 14.4 Å². The average Bonchev–Trinajstić information content (AvgIpc) is 3.45. The molecule has 3 saturated heterocycles. The highest BCUT2D eigenvalue weighted by Gasteiger charge is 2.75. The van der Waals surface area contributed by atoms with Gasteiger partial charge in [-0.2, -0.15) is 0 Å². The van der Waals surface area contributed by atoms with E-state index in [0.717, 1.165) is 12.8 Å². The van der Waals surface area contributed by atoms with Gasteiger partial charge in [0.1, 0.15) is 11.6 Å². The van der Waals surface area contributed by atoms with Crippen LogP contribution < -0.4 is 0 Å². The largest absolute Gasteiger partial charge is 0.465 e. The molecule has 0 aliphatic carbocycles. The van der Waals surface area contributed by atoms with Gasteiger partial charge in [0.2, 0.25) is 11.8 Å². The maximum atomic E-state index is 13.9. The van der Waals surface area contributed by atoms with Gasteiger partial charge in [0, 0.05) is 25.7 Å². The number of likely N-dealkylation sites (tertiary alicyclic amines) is 1. The lowest BCUT2D eigenvalue weighted by molar-refractivity contribution is -0.155. The van der Waals surface area contributed by atoms with Gasteiger partial charge in [0.25, 0.3) is 0 Å². The van der Waals surface area contributed by atoms with E-state index in [1.54, 1.807) is 22.0 Å². The standard InChI is InChI=1S/C26H40N2O6/c1-5-7-11-17-33-25(32)20-19-12-13-26(34-19)21(20)23(30)28(15-9-8-10-16-29)22(26)24(31)27(14-6-2)18(3)4/h5-6,18-22,29H,1-2,7-17H2,3-4H3/t19-,20+,21-,22?,26?/m0/s1. The number of aliphatic hydroxyl groups is 1. The Labute approximate surface area is 202 Å². The van der Waals surface area contributed by atoms with E-state index >= 15 is 0 Å². The SMILES string of the molecule is C=CCCCOC(=O)[C@@H]1[C@@H]2CCC3(O2)C(C(=O)N(CC=C)C(C)C)N(CCCCCO)C(=O)[C@H]13. The van der Waals surface area contributed by atoms with Crippen molar-refractivity contribution in [3.8, 4) is 0 Å². The molecule has 3 heterocycles. The van der Waals surface area contributed by atoms with Crippen molar-refractivity contribution in [2.45, 2.75) is 82.6 Å². The van der Waals surface area contributed by atoms with E-state index < -0.39 is 35.6 Å². The number of amides is 2. The van der Waals surface area contributed by atoms with Crippen LogP contribution in [0.2, 0.25) is 0 Å². The minimum Gasteiger partial charge on any atom is -0.465 e. The topological polar surface area (TPSA) is 96.4 Å². The van der Waals surface area contributed by atoms with E-state index in [1.165, 1.54) is 0 Å². The van der Waals surface area contributed by atoms with E-state index in [2.05, 4.69) is 13.2 Å². The molecule has 1 spiro atoms. The Morgan fingerprint density at radius 1 is 1.26 bits per heavy atom. The molecule has 190 valence electrons. The first-order valence-electron chi connectivity index (χ1n) is 12.6. The number of ether oxygens (including phenoxy) is 2. The van der Waals surface area contributed by atoms with Crippen LogP contribution in [-0.4, -0.2) is 82.8 Å². The van der Waals surface area contributed by atoms with E-state index in [1.807, 2.05) is 13.8 Å². The Kier molecular flexibility index (Phi) is 8.93. The van der Waals surface area contributed by atoms with E-state index in [9.17, 15) is 14.4 Å². The van der Waals surface area contributed by atoms with E-state index in [0.29, 0.717) is 45.2 Å². The quantitative estimate of drug-likeness (QED) is 0.235. The Hall–Kier alpha value is -2.19. The van der Waals surface area contributed by atoms with Crippen molar-refractivity contribution >= 4 is 17.8 Å². The molecule has 0 aromatic rings. The smallest absolute Gasteiger partial charge is 0.312 e. The molecule has 34 heavy (non-hydrogen) atoms. The molecule has 0 aromatic carbocycles. The van der Waals surface area contributed by atoms with E-state index in [-0.39, 0.29) is 31.1 Å². The molecule has 0 aromatic heterocycles. The third-order valence-corrected chi connectivity index (χ3v) is 7.39. The molecule has 8 nitrogen and oxygen atoms in total. The number of fused-ring (bicyclic) bond motifs is 1. The van der Waals surface area contributed by atoms with Crippen LogP contribution in [0.15, 0.2) is 25.3 Å². The maximum absolute atomic E-state index is 13.9. The van der Waals surface area contributed by atoms with Gasteiger partial charge in [0.05, 0.1) is 24.5 Å². The molecule has 3 aliphatic rings. The molecule has 2 bridgehead atoms. The summed E-state index contributed by atoms with van der Waals surface area (Å²) in [6.07, 6.45) is 7.74. The maximum Gasteiger partial charge on any atom is 0.312 e. The first-order valence-corrected chi connectivity index (χ1v) is 12.6. The summed E-state index contributed by atoms with van der Waals surface area (Å²) in [7, 11) is 0. The van der Waals surface area contributed by atoms with Crippen LogP contribution in [0, 0.1) is 11.8 Å². The first kappa shape index (κ1) is 26.4. The number of carbonyl (C=O) groups excluding carboxylic acids is 3. The van der Waals surface area contributed by atoms with Crippen molar-refractivity contribution < 1.29 is 29.0 Å². The Morgan fingerprint density at radius 3 is 2.68 bits per heavy atom. The van der Waals surface area contributed by atoms with Crippen molar-refractivity contribution in [3.05, 3.63) is 25.3 Å². The number of rotatable bonds is 14. The Balaban J connectivity index is 1.90. The molecule has 2 amide bonds. The Bertz CT molecular complexity index is 783. The van der Waals surface area contributed by atoms with Crippen molar-refractivity contribution in [2.75, 3.05) is 26.3 Å². The van der Waals surface area contributed by atoms with E-state index in [4.69, 9.17) is 14.6 Å². The zero-order valence-electron chi connectivity index (χ0n) is 20.6. The number of allylic oxidation sites excluding steroid dienone is 1. The highest BCUT2D eigenvalue weighted by molar-refractivity contribution is 5.98. The third-order valence-electron chi connectivity index (χ3n) is 7.39. The molecular weight excluding hydrogens is 436 g/mol. The first-order chi connectivity index (χ1) is 16.3. The number of nitrogens with zero attached hydrogens (tertiary/aromatic N) is 2. The molecule has 0 radical (unpaired) electrons. The third kappa shape index (κ3) is 4.80. The van der Waals surface area contributed by atoms with Gasteiger partial charge in [-0.05, 0) is 58.8 Å². The number of hydrogen-bond acceptors (Lipinski definition) is 6. The lowest BCUT2D eigenvalue weighted by Gasteiger charge is -2.38. The molecule has 2 unspecified atom stereocenters. The van der Waals surface area contributed by atoms with Crippen molar-refractivity contribution in [3.63, 3.8) is 0 Å². The summed E-state index contributed by atoms with van der Waals surface area (Å²) in [6.45, 7) is 12.5. The molecule has 8 heteroatoms.